The van der Waals surface area contributed by atoms with E-state index in [2.05, 4.69) is 10.3 Å². The van der Waals surface area contributed by atoms with E-state index >= 15 is 0 Å². The highest BCUT2D eigenvalue weighted by molar-refractivity contribution is 7.99. The smallest absolute Gasteiger partial charge is 0.323 e. The van der Waals surface area contributed by atoms with Crippen LogP contribution in [0.2, 0.25) is 5.02 Å². The molecule has 0 aromatic carbocycles. The number of thioether (sulfide) groups is 1. The lowest BCUT2D eigenvalue weighted by molar-refractivity contribution is -0.142. The number of halogens is 1. The van der Waals surface area contributed by atoms with Gasteiger partial charge in [-0.25, -0.2) is 4.98 Å². The number of carbonyl (C=O) groups is 1. The molecule has 1 N–H and O–H groups in total. The summed E-state index contributed by atoms with van der Waals surface area (Å²) >= 11 is 7.28. The molecule has 1 fully saturated rings. The van der Waals surface area contributed by atoms with Crippen LogP contribution in [-0.4, -0.2) is 35.9 Å². The van der Waals surface area contributed by atoms with Gasteiger partial charge in [-0.05, 0) is 25.0 Å². The Morgan fingerprint density at radius 1 is 1.67 bits per heavy atom. The minimum Gasteiger partial charge on any atom is -0.468 e. The average molecular weight is 287 g/mol. The van der Waals surface area contributed by atoms with E-state index in [1.807, 2.05) is 6.07 Å². The number of nitrogens with one attached hydrogen (secondary N) is 1. The van der Waals surface area contributed by atoms with Crippen LogP contribution in [0.1, 0.15) is 12.8 Å². The van der Waals surface area contributed by atoms with Crippen molar-refractivity contribution >= 4 is 29.3 Å². The zero-order valence-electron chi connectivity index (χ0n) is 10.1. The van der Waals surface area contributed by atoms with Crippen LogP contribution in [0.5, 0.6) is 0 Å². The van der Waals surface area contributed by atoms with Gasteiger partial charge in [-0.2, -0.15) is 0 Å². The lowest BCUT2D eigenvalue weighted by Crippen LogP contribution is -2.41. The highest BCUT2D eigenvalue weighted by Crippen LogP contribution is 2.22. The van der Waals surface area contributed by atoms with Crippen LogP contribution in [-0.2, 0) is 9.53 Å². The van der Waals surface area contributed by atoms with Crippen LogP contribution in [0.15, 0.2) is 23.4 Å². The van der Waals surface area contributed by atoms with Crippen molar-refractivity contribution in [2.75, 3.05) is 12.9 Å². The van der Waals surface area contributed by atoms with E-state index in [0.717, 1.165) is 17.9 Å². The van der Waals surface area contributed by atoms with Crippen molar-refractivity contribution in [1.82, 2.24) is 10.3 Å². The van der Waals surface area contributed by atoms with E-state index in [1.165, 1.54) is 18.9 Å². The second-order valence-electron chi connectivity index (χ2n) is 4.14. The molecule has 18 heavy (non-hydrogen) atoms. The van der Waals surface area contributed by atoms with E-state index in [1.54, 1.807) is 12.3 Å². The van der Waals surface area contributed by atoms with E-state index in [-0.39, 0.29) is 12.0 Å². The van der Waals surface area contributed by atoms with Gasteiger partial charge in [0.2, 0.25) is 0 Å². The minimum atomic E-state index is -0.273. The first-order valence-electron chi connectivity index (χ1n) is 5.77. The molecule has 0 saturated heterocycles. The van der Waals surface area contributed by atoms with Crippen LogP contribution in [0.25, 0.3) is 0 Å². The number of methoxy groups -OCH3 is 1. The maximum absolute atomic E-state index is 11.6. The summed E-state index contributed by atoms with van der Waals surface area (Å²) < 4.78 is 4.79. The fourth-order valence-electron chi connectivity index (χ4n) is 1.48. The number of carbonyl (C=O) groups excluding carboxylic acids is 1. The molecule has 1 unspecified atom stereocenters. The normalized spacial score (nSPS) is 16.3. The number of rotatable bonds is 6. The second kappa shape index (κ2) is 6.41. The van der Waals surface area contributed by atoms with Crippen LogP contribution >= 0.6 is 23.4 Å². The van der Waals surface area contributed by atoms with Gasteiger partial charge in [0, 0.05) is 18.0 Å². The maximum atomic E-state index is 11.6. The molecule has 98 valence electrons. The Morgan fingerprint density at radius 3 is 3.00 bits per heavy atom. The van der Waals surface area contributed by atoms with Gasteiger partial charge in [-0.1, -0.05) is 11.6 Å². The predicted molar refractivity (Wildman–Crippen MR) is 71.9 cm³/mol. The molecule has 4 nitrogen and oxygen atoms in total. The highest BCUT2D eigenvalue weighted by Gasteiger charge is 2.28. The summed E-state index contributed by atoms with van der Waals surface area (Å²) in [5.74, 6) is 0.390. The Labute approximate surface area is 115 Å². The van der Waals surface area contributed by atoms with Crippen molar-refractivity contribution in [3.8, 4) is 0 Å². The second-order valence-corrected chi connectivity index (χ2v) is 5.62. The number of hydrogen-bond acceptors (Lipinski definition) is 5. The molecule has 0 radical (unpaired) electrons. The number of esters is 1. The summed E-state index contributed by atoms with van der Waals surface area (Å²) in [6.45, 7) is 0. The minimum absolute atomic E-state index is 0.219. The van der Waals surface area contributed by atoms with Gasteiger partial charge in [0.25, 0.3) is 0 Å². The molecule has 1 aliphatic carbocycles. The van der Waals surface area contributed by atoms with Crippen LogP contribution < -0.4 is 5.32 Å². The monoisotopic (exact) mass is 286 g/mol. The summed E-state index contributed by atoms with van der Waals surface area (Å²) in [5.41, 5.74) is 0. The molecule has 1 aromatic heterocycles. The van der Waals surface area contributed by atoms with Crippen molar-refractivity contribution < 1.29 is 9.53 Å². The largest absolute Gasteiger partial charge is 0.468 e. The SMILES string of the molecule is COC(=O)C(CSc1ccc(Cl)cn1)NC1CC1. The van der Waals surface area contributed by atoms with Crippen molar-refractivity contribution in [1.29, 1.82) is 0 Å². The van der Waals surface area contributed by atoms with Crippen molar-refractivity contribution in [3.05, 3.63) is 23.4 Å². The molecular formula is C12H15ClN2O2S. The fraction of sp³-hybridized carbons (Fsp3) is 0.500. The highest BCUT2D eigenvalue weighted by atomic mass is 35.5. The fourth-order valence-corrected chi connectivity index (χ4v) is 2.45. The number of nitrogens with zero attached hydrogens (tertiary/aromatic N) is 1. The van der Waals surface area contributed by atoms with E-state index in [9.17, 15) is 4.79 Å². The molecule has 2 rings (SSSR count). The van der Waals surface area contributed by atoms with Crippen LogP contribution in [0.4, 0.5) is 0 Å². The summed E-state index contributed by atoms with van der Waals surface area (Å²) in [6.07, 6.45) is 3.88. The molecule has 0 spiro atoms. The Balaban J connectivity index is 1.87. The molecule has 0 amide bonds. The van der Waals surface area contributed by atoms with Gasteiger partial charge in [0.15, 0.2) is 0 Å². The topological polar surface area (TPSA) is 51.2 Å². The third-order valence-electron chi connectivity index (χ3n) is 2.60. The van der Waals surface area contributed by atoms with Gasteiger partial charge in [-0.15, -0.1) is 11.8 Å². The number of pyridine rings is 1. The van der Waals surface area contributed by atoms with Gasteiger partial charge in [0.1, 0.15) is 6.04 Å². The lowest BCUT2D eigenvalue weighted by atomic mass is 10.3. The van der Waals surface area contributed by atoms with Crippen molar-refractivity contribution in [2.24, 2.45) is 0 Å². The molecule has 0 bridgehead atoms. The van der Waals surface area contributed by atoms with E-state index < -0.39 is 0 Å². The standard InChI is InChI=1S/C12H15ClN2O2S/c1-17-12(16)10(15-9-3-4-9)7-18-11-5-2-8(13)6-14-11/h2,5-6,9-10,15H,3-4,7H2,1H3. The van der Waals surface area contributed by atoms with Crippen LogP contribution in [0.3, 0.4) is 0 Å². The quantitative estimate of drug-likeness (QED) is 0.641. The predicted octanol–water partition coefficient (Wildman–Crippen LogP) is 2.12. The molecular weight excluding hydrogens is 272 g/mol. The Kier molecular flexibility index (Phi) is 4.86. The van der Waals surface area contributed by atoms with Crippen molar-refractivity contribution in [2.45, 2.75) is 30.0 Å². The van der Waals surface area contributed by atoms with E-state index in [0.29, 0.717) is 16.8 Å². The van der Waals surface area contributed by atoms with Gasteiger partial charge >= 0.3 is 5.97 Å². The maximum Gasteiger partial charge on any atom is 0.323 e. The summed E-state index contributed by atoms with van der Waals surface area (Å²) in [4.78, 5) is 15.8. The first-order chi connectivity index (χ1) is 8.69. The lowest BCUT2D eigenvalue weighted by Gasteiger charge is -2.15. The number of ether oxygens (including phenoxy) is 1. The first-order valence-corrected chi connectivity index (χ1v) is 7.13. The van der Waals surface area contributed by atoms with Gasteiger partial charge in [0.05, 0.1) is 17.2 Å². The first kappa shape index (κ1) is 13.6. The van der Waals surface area contributed by atoms with E-state index in [4.69, 9.17) is 16.3 Å². The Hall–Kier alpha value is -0.780. The van der Waals surface area contributed by atoms with Gasteiger partial charge < -0.3 is 10.1 Å². The summed E-state index contributed by atoms with van der Waals surface area (Å²) in [5, 5.41) is 4.74. The molecule has 1 atom stereocenters. The average Bonchev–Trinajstić information content (AvgIpc) is 3.19. The number of hydrogen-bond donors (Lipinski definition) is 1. The molecule has 1 aliphatic rings. The molecule has 1 saturated carbocycles. The number of aromatic nitrogens is 1. The third-order valence-corrected chi connectivity index (χ3v) is 3.86. The Morgan fingerprint density at radius 2 is 2.44 bits per heavy atom. The van der Waals surface area contributed by atoms with Gasteiger partial charge in [-0.3, -0.25) is 4.79 Å². The molecule has 1 heterocycles. The zero-order chi connectivity index (χ0) is 13.0. The zero-order valence-corrected chi connectivity index (χ0v) is 11.6. The third kappa shape index (κ3) is 4.15. The van der Waals surface area contributed by atoms with Crippen molar-refractivity contribution in [3.63, 3.8) is 0 Å². The molecule has 6 heteroatoms. The summed E-state index contributed by atoms with van der Waals surface area (Å²) in [6, 6.07) is 3.83. The molecule has 1 aromatic rings. The Bertz CT molecular complexity index is 409. The van der Waals surface area contributed by atoms with Crippen LogP contribution in [0, 0.1) is 0 Å². The molecule has 0 aliphatic heterocycles. The summed E-state index contributed by atoms with van der Waals surface area (Å²) in [7, 11) is 1.41.